The fraction of sp³-hybridized carbons (Fsp3) is 0.562. The van der Waals surface area contributed by atoms with E-state index in [1.165, 1.54) is 37.7 Å². The minimum atomic E-state index is -0.0487. The molecule has 1 atom stereocenters. The molecule has 1 aromatic carbocycles. The van der Waals surface area contributed by atoms with Crippen LogP contribution in [0.3, 0.4) is 0 Å². The summed E-state index contributed by atoms with van der Waals surface area (Å²) in [7, 11) is 0. The summed E-state index contributed by atoms with van der Waals surface area (Å²) in [6.07, 6.45) is 6.33. The van der Waals surface area contributed by atoms with Gasteiger partial charge in [0.2, 0.25) is 5.89 Å². The van der Waals surface area contributed by atoms with E-state index in [1.54, 1.807) is 0 Å². The van der Waals surface area contributed by atoms with Crippen molar-refractivity contribution in [2.45, 2.75) is 52.0 Å². The van der Waals surface area contributed by atoms with Crippen molar-refractivity contribution in [2.75, 3.05) is 0 Å². The SMILES string of the molecule is Cc1cc(C)c2oc(C(N)C3CCCCC3)nc2c1. The summed E-state index contributed by atoms with van der Waals surface area (Å²) >= 11 is 0. The van der Waals surface area contributed by atoms with E-state index in [4.69, 9.17) is 10.2 Å². The molecular formula is C16H22N2O. The fourth-order valence-corrected chi connectivity index (χ4v) is 3.23. The Morgan fingerprint density at radius 3 is 2.68 bits per heavy atom. The van der Waals surface area contributed by atoms with Crippen LogP contribution in [0.15, 0.2) is 16.5 Å². The van der Waals surface area contributed by atoms with Gasteiger partial charge in [-0.2, -0.15) is 0 Å². The predicted molar refractivity (Wildman–Crippen MR) is 77.0 cm³/mol. The third-order valence-electron chi connectivity index (χ3n) is 4.28. The lowest BCUT2D eigenvalue weighted by Gasteiger charge is -2.25. The maximum atomic E-state index is 6.37. The second-order valence-electron chi connectivity index (χ2n) is 5.91. The topological polar surface area (TPSA) is 52.0 Å². The number of hydrogen-bond donors (Lipinski definition) is 1. The molecule has 102 valence electrons. The molecule has 1 heterocycles. The third kappa shape index (κ3) is 2.39. The summed E-state index contributed by atoms with van der Waals surface area (Å²) in [6, 6.07) is 4.15. The van der Waals surface area contributed by atoms with Gasteiger partial charge in [0, 0.05) is 0 Å². The van der Waals surface area contributed by atoms with Crippen molar-refractivity contribution in [1.29, 1.82) is 0 Å². The van der Waals surface area contributed by atoms with E-state index in [0.717, 1.165) is 22.6 Å². The van der Waals surface area contributed by atoms with Crippen molar-refractivity contribution in [3.8, 4) is 0 Å². The summed E-state index contributed by atoms with van der Waals surface area (Å²) in [5.74, 6) is 1.25. The monoisotopic (exact) mass is 258 g/mol. The zero-order valence-electron chi connectivity index (χ0n) is 11.8. The highest BCUT2D eigenvalue weighted by atomic mass is 16.3. The molecule has 3 rings (SSSR count). The van der Waals surface area contributed by atoms with Gasteiger partial charge >= 0.3 is 0 Å². The van der Waals surface area contributed by atoms with Gasteiger partial charge in [-0.25, -0.2) is 4.98 Å². The van der Waals surface area contributed by atoms with Crippen LogP contribution in [0, 0.1) is 19.8 Å². The molecule has 0 saturated heterocycles. The predicted octanol–water partition coefficient (Wildman–Crippen LogP) is 4.02. The molecule has 2 N–H and O–H groups in total. The average Bonchev–Trinajstić information content (AvgIpc) is 2.83. The van der Waals surface area contributed by atoms with E-state index in [-0.39, 0.29) is 6.04 Å². The third-order valence-corrected chi connectivity index (χ3v) is 4.28. The summed E-state index contributed by atoms with van der Waals surface area (Å²) in [4.78, 5) is 4.62. The van der Waals surface area contributed by atoms with Crippen molar-refractivity contribution in [3.05, 3.63) is 29.2 Å². The van der Waals surface area contributed by atoms with E-state index in [2.05, 4.69) is 31.0 Å². The van der Waals surface area contributed by atoms with E-state index >= 15 is 0 Å². The summed E-state index contributed by atoms with van der Waals surface area (Å²) in [6.45, 7) is 4.15. The van der Waals surface area contributed by atoms with Crippen molar-refractivity contribution in [2.24, 2.45) is 11.7 Å². The molecule has 2 aromatic rings. The second kappa shape index (κ2) is 4.97. The first kappa shape index (κ1) is 12.7. The van der Waals surface area contributed by atoms with Gasteiger partial charge in [-0.05, 0) is 49.8 Å². The first-order chi connectivity index (χ1) is 9.15. The summed E-state index contributed by atoms with van der Waals surface area (Å²) in [5.41, 5.74) is 10.6. The molecule has 1 aliphatic rings. The first-order valence-electron chi connectivity index (χ1n) is 7.28. The van der Waals surface area contributed by atoms with Crippen LogP contribution in [0.5, 0.6) is 0 Å². The first-order valence-corrected chi connectivity index (χ1v) is 7.28. The van der Waals surface area contributed by atoms with Gasteiger partial charge in [0.25, 0.3) is 0 Å². The molecule has 0 aliphatic heterocycles. The number of aromatic nitrogens is 1. The van der Waals surface area contributed by atoms with Crippen molar-refractivity contribution in [3.63, 3.8) is 0 Å². The maximum Gasteiger partial charge on any atom is 0.212 e. The van der Waals surface area contributed by atoms with Gasteiger partial charge in [0.1, 0.15) is 5.52 Å². The van der Waals surface area contributed by atoms with Crippen molar-refractivity contribution in [1.82, 2.24) is 4.98 Å². The standard InChI is InChI=1S/C16H22N2O/c1-10-8-11(2)15-13(9-10)18-16(19-15)14(17)12-6-4-3-5-7-12/h8-9,12,14H,3-7,17H2,1-2H3. The Balaban J connectivity index is 1.94. The normalized spacial score (nSPS) is 18.9. The van der Waals surface area contributed by atoms with Gasteiger partial charge in [-0.15, -0.1) is 0 Å². The highest BCUT2D eigenvalue weighted by molar-refractivity contribution is 5.77. The Morgan fingerprint density at radius 2 is 1.95 bits per heavy atom. The van der Waals surface area contributed by atoms with E-state index in [0.29, 0.717) is 5.92 Å². The molecule has 1 aliphatic carbocycles. The van der Waals surface area contributed by atoms with Gasteiger partial charge in [-0.1, -0.05) is 25.3 Å². The van der Waals surface area contributed by atoms with E-state index < -0.39 is 0 Å². The molecule has 0 radical (unpaired) electrons. The highest BCUT2D eigenvalue weighted by Crippen LogP contribution is 2.34. The number of nitrogens with zero attached hydrogens (tertiary/aromatic N) is 1. The second-order valence-corrected chi connectivity index (χ2v) is 5.91. The van der Waals surface area contributed by atoms with Crippen LogP contribution in [0.25, 0.3) is 11.1 Å². The van der Waals surface area contributed by atoms with Crippen molar-refractivity contribution >= 4 is 11.1 Å². The van der Waals surface area contributed by atoms with E-state index in [1.807, 2.05) is 0 Å². The van der Waals surface area contributed by atoms with Gasteiger partial charge in [0.15, 0.2) is 5.58 Å². The summed E-state index contributed by atoms with van der Waals surface area (Å²) < 4.78 is 5.93. The number of rotatable bonds is 2. The highest BCUT2D eigenvalue weighted by Gasteiger charge is 2.26. The zero-order chi connectivity index (χ0) is 13.4. The molecule has 0 bridgehead atoms. The number of hydrogen-bond acceptors (Lipinski definition) is 3. The molecule has 1 unspecified atom stereocenters. The van der Waals surface area contributed by atoms with Crippen LogP contribution in [0.1, 0.15) is 55.2 Å². The minimum Gasteiger partial charge on any atom is -0.439 e. The average molecular weight is 258 g/mol. The van der Waals surface area contributed by atoms with Crippen molar-refractivity contribution < 1.29 is 4.42 Å². The zero-order valence-corrected chi connectivity index (χ0v) is 11.8. The van der Waals surface area contributed by atoms with Crippen LogP contribution in [0.2, 0.25) is 0 Å². The Labute approximate surface area is 114 Å². The number of oxazole rings is 1. The fourth-order valence-electron chi connectivity index (χ4n) is 3.23. The molecule has 0 spiro atoms. The molecule has 1 aromatic heterocycles. The van der Waals surface area contributed by atoms with Gasteiger partial charge in [0.05, 0.1) is 6.04 Å². The Hall–Kier alpha value is -1.35. The minimum absolute atomic E-state index is 0.0487. The van der Waals surface area contributed by atoms with Gasteiger partial charge in [-0.3, -0.25) is 0 Å². The van der Waals surface area contributed by atoms with Crippen LogP contribution < -0.4 is 5.73 Å². The van der Waals surface area contributed by atoms with E-state index in [9.17, 15) is 0 Å². The lowest BCUT2D eigenvalue weighted by Crippen LogP contribution is -2.23. The molecule has 3 heteroatoms. The Kier molecular flexibility index (Phi) is 3.31. The number of benzene rings is 1. The van der Waals surface area contributed by atoms with Crippen LogP contribution in [0.4, 0.5) is 0 Å². The molecule has 19 heavy (non-hydrogen) atoms. The van der Waals surface area contributed by atoms with Crippen LogP contribution in [-0.2, 0) is 0 Å². The lowest BCUT2D eigenvalue weighted by atomic mass is 9.84. The maximum absolute atomic E-state index is 6.37. The Bertz CT molecular complexity index is 582. The number of aryl methyl sites for hydroxylation is 2. The van der Waals surface area contributed by atoms with Crippen LogP contribution >= 0.6 is 0 Å². The molecule has 1 saturated carbocycles. The number of nitrogens with two attached hydrogens (primary N) is 1. The number of fused-ring (bicyclic) bond motifs is 1. The Morgan fingerprint density at radius 1 is 1.21 bits per heavy atom. The molecule has 0 amide bonds. The quantitative estimate of drug-likeness (QED) is 0.885. The largest absolute Gasteiger partial charge is 0.439 e. The smallest absolute Gasteiger partial charge is 0.212 e. The molecule has 1 fully saturated rings. The summed E-state index contributed by atoms with van der Waals surface area (Å²) in [5, 5.41) is 0. The lowest BCUT2D eigenvalue weighted by molar-refractivity contribution is 0.278. The van der Waals surface area contributed by atoms with Gasteiger partial charge < -0.3 is 10.2 Å². The van der Waals surface area contributed by atoms with Crippen LogP contribution in [-0.4, -0.2) is 4.98 Å². The molecular weight excluding hydrogens is 236 g/mol. The molecule has 3 nitrogen and oxygen atoms in total.